The van der Waals surface area contributed by atoms with Gasteiger partial charge in [-0.1, -0.05) is 23.7 Å². The van der Waals surface area contributed by atoms with E-state index < -0.39 is 0 Å². The molecule has 0 aliphatic carbocycles. The van der Waals surface area contributed by atoms with Crippen molar-refractivity contribution in [3.05, 3.63) is 41.8 Å². The number of rotatable bonds is 2. The molecule has 1 saturated heterocycles. The van der Waals surface area contributed by atoms with E-state index in [0.717, 1.165) is 30.2 Å². The molecule has 0 spiro atoms. The Labute approximate surface area is 105 Å². The minimum absolute atomic E-state index is 0.517. The molecule has 0 amide bonds. The van der Waals surface area contributed by atoms with E-state index in [1.165, 1.54) is 5.56 Å². The summed E-state index contributed by atoms with van der Waals surface area (Å²) in [6.45, 7) is 2.11. The summed E-state index contributed by atoms with van der Waals surface area (Å²) < 4.78 is 2.25. The van der Waals surface area contributed by atoms with Crippen LogP contribution in [-0.2, 0) is 0 Å². The van der Waals surface area contributed by atoms with Gasteiger partial charge in [-0.25, -0.2) is 4.98 Å². The van der Waals surface area contributed by atoms with Gasteiger partial charge in [0.1, 0.15) is 0 Å². The van der Waals surface area contributed by atoms with Gasteiger partial charge in [0.15, 0.2) is 0 Å². The molecule has 4 heteroatoms. The molecule has 2 aromatic rings. The third kappa shape index (κ3) is 2.08. The minimum atomic E-state index is 0.517. The molecule has 1 aromatic heterocycles. The van der Waals surface area contributed by atoms with Crippen LogP contribution in [0.5, 0.6) is 0 Å². The first kappa shape index (κ1) is 10.8. The molecular formula is C13H14ClN3. The maximum Gasteiger partial charge on any atom is 0.0954 e. The minimum Gasteiger partial charge on any atom is -0.326 e. The van der Waals surface area contributed by atoms with Gasteiger partial charge in [-0.3, -0.25) is 0 Å². The van der Waals surface area contributed by atoms with E-state index in [9.17, 15) is 0 Å². The lowest BCUT2D eigenvalue weighted by atomic mass is 10.1. The standard InChI is InChI=1S/C13H14ClN3/c14-11-3-1-10(2-4-11)13-8-16-9-17(13)12-5-6-15-7-12/h1-4,8-9,12,15H,5-7H2. The van der Waals surface area contributed by atoms with E-state index >= 15 is 0 Å². The highest BCUT2D eigenvalue weighted by molar-refractivity contribution is 6.30. The molecule has 3 rings (SSSR count). The Morgan fingerprint density at radius 1 is 1.29 bits per heavy atom. The Morgan fingerprint density at radius 2 is 2.12 bits per heavy atom. The highest BCUT2D eigenvalue weighted by Crippen LogP contribution is 2.26. The molecule has 1 aromatic carbocycles. The molecule has 2 heterocycles. The SMILES string of the molecule is Clc1ccc(-c2cncn2C2CCNC2)cc1. The van der Waals surface area contributed by atoms with Crippen LogP contribution in [0.2, 0.25) is 5.02 Å². The second-order valence-corrected chi connectivity index (χ2v) is 4.78. The molecule has 1 unspecified atom stereocenters. The van der Waals surface area contributed by atoms with Gasteiger partial charge in [0.05, 0.1) is 18.2 Å². The van der Waals surface area contributed by atoms with Crippen LogP contribution in [0.25, 0.3) is 11.3 Å². The maximum atomic E-state index is 5.91. The van der Waals surface area contributed by atoms with Crippen LogP contribution in [0.1, 0.15) is 12.5 Å². The molecule has 1 fully saturated rings. The van der Waals surface area contributed by atoms with Gasteiger partial charge < -0.3 is 9.88 Å². The van der Waals surface area contributed by atoms with Crippen molar-refractivity contribution < 1.29 is 0 Å². The van der Waals surface area contributed by atoms with Crippen molar-refractivity contribution in [1.82, 2.24) is 14.9 Å². The number of nitrogens with one attached hydrogen (secondary N) is 1. The summed E-state index contributed by atoms with van der Waals surface area (Å²) in [7, 11) is 0. The second-order valence-electron chi connectivity index (χ2n) is 4.34. The maximum absolute atomic E-state index is 5.91. The van der Waals surface area contributed by atoms with Gasteiger partial charge in [-0.2, -0.15) is 0 Å². The topological polar surface area (TPSA) is 29.9 Å². The van der Waals surface area contributed by atoms with Crippen LogP contribution in [0.15, 0.2) is 36.8 Å². The molecule has 1 aliphatic rings. The summed E-state index contributed by atoms with van der Waals surface area (Å²) in [4.78, 5) is 4.27. The second kappa shape index (κ2) is 4.51. The first-order valence-corrected chi connectivity index (χ1v) is 6.21. The van der Waals surface area contributed by atoms with Crippen molar-refractivity contribution in [2.45, 2.75) is 12.5 Å². The summed E-state index contributed by atoms with van der Waals surface area (Å²) in [5.74, 6) is 0. The van der Waals surface area contributed by atoms with Gasteiger partial charge in [0.2, 0.25) is 0 Å². The molecule has 0 bridgehead atoms. The largest absolute Gasteiger partial charge is 0.326 e. The Bertz CT molecular complexity index is 498. The number of hydrogen-bond acceptors (Lipinski definition) is 2. The fourth-order valence-corrected chi connectivity index (χ4v) is 2.44. The zero-order valence-electron chi connectivity index (χ0n) is 9.44. The fourth-order valence-electron chi connectivity index (χ4n) is 2.32. The summed E-state index contributed by atoms with van der Waals surface area (Å²) in [6.07, 6.45) is 5.00. The molecule has 17 heavy (non-hydrogen) atoms. The average Bonchev–Trinajstić information content (AvgIpc) is 3.00. The lowest BCUT2D eigenvalue weighted by molar-refractivity contribution is 0.551. The van der Waals surface area contributed by atoms with Crippen LogP contribution in [-0.4, -0.2) is 22.6 Å². The summed E-state index contributed by atoms with van der Waals surface area (Å²) >= 11 is 5.91. The van der Waals surface area contributed by atoms with Crippen LogP contribution in [0, 0.1) is 0 Å². The van der Waals surface area contributed by atoms with Crippen molar-refractivity contribution in [3.63, 3.8) is 0 Å². The Kier molecular flexibility index (Phi) is 2.87. The zero-order chi connectivity index (χ0) is 11.7. The smallest absolute Gasteiger partial charge is 0.0954 e. The highest BCUT2D eigenvalue weighted by Gasteiger charge is 2.18. The van der Waals surface area contributed by atoms with Crippen molar-refractivity contribution in [3.8, 4) is 11.3 Å². The van der Waals surface area contributed by atoms with E-state index in [-0.39, 0.29) is 0 Å². The Hall–Kier alpha value is -1.32. The molecule has 3 nitrogen and oxygen atoms in total. The first-order valence-electron chi connectivity index (χ1n) is 5.83. The third-order valence-electron chi connectivity index (χ3n) is 3.23. The van der Waals surface area contributed by atoms with E-state index in [1.807, 2.05) is 36.8 Å². The van der Waals surface area contributed by atoms with Crippen LogP contribution >= 0.6 is 11.6 Å². The molecule has 1 atom stereocenters. The van der Waals surface area contributed by atoms with Crippen molar-refractivity contribution in [1.29, 1.82) is 0 Å². The third-order valence-corrected chi connectivity index (χ3v) is 3.49. The van der Waals surface area contributed by atoms with Crippen LogP contribution < -0.4 is 5.32 Å². The Morgan fingerprint density at radius 3 is 2.82 bits per heavy atom. The first-order chi connectivity index (χ1) is 8.34. The molecule has 1 aliphatic heterocycles. The predicted molar refractivity (Wildman–Crippen MR) is 69.2 cm³/mol. The van der Waals surface area contributed by atoms with Gasteiger partial charge in [-0.05, 0) is 30.7 Å². The van der Waals surface area contributed by atoms with Gasteiger partial charge >= 0.3 is 0 Å². The Balaban J connectivity index is 1.97. The molecule has 0 saturated carbocycles. The summed E-state index contributed by atoms with van der Waals surface area (Å²) in [5, 5.41) is 4.14. The van der Waals surface area contributed by atoms with Crippen molar-refractivity contribution in [2.75, 3.05) is 13.1 Å². The predicted octanol–water partition coefficient (Wildman–Crippen LogP) is 2.74. The van der Waals surface area contributed by atoms with Crippen LogP contribution in [0.4, 0.5) is 0 Å². The van der Waals surface area contributed by atoms with Gasteiger partial charge in [-0.15, -0.1) is 0 Å². The number of nitrogens with zero attached hydrogens (tertiary/aromatic N) is 2. The molecule has 0 radical (unpaired) electrons. The fraction of sp³-hybridized carbons (Fsp3) is 0.308. The quantitative estimate of drug-likeness (QED) is 0.885. The summed E-state index contributed by atoms with van der Waals surface area (Å²) in [6, 6.07) is 8.43. The van der Waals surface area contributed by atoms with Crippen molar-refractivity contribution in [2.24, 2.45) is 0 Å². The molecular weight excluding hydrogens is 234 g/mol. The van der Waals surface area contributed by atoms with Gasteiger partial charge in [0.25, 0.3) is 0 Å². The number of halogens is 1. The molecule has 88 valence electrons. The highest BCUT2D eigenvalue weighted by atomic mass is 35.5. The van der Waals surface area contributed by atoms with Crippen molar-refractivity contribution >= 4 is 11.6 Å². The number of aromatic nitrogens is 2. The summed E-state index contributed by atoms with van der Waals surface area (Å²) in [5.41, 5.74) is 2.33. The van der Waals surface area contributed by atoms with E-state index in [2.05, 4.69) is 14.9 Å². The zero-order valence-corrected chi connectivity index (χ0v) is 10.2. The van der Waals surface area contributed by atoms with E-state index in [4.69, 9.17) is 11.6 Å². The van der Waals surface area contributed by atoms with Gasteiger partial charge in [0, 0.05) is 17.6 Å². The van der Waals surface area contributed by atoms with Crippen LogP contribution in [0.3, 0.4) is 0 Å². The lowest BCUT2D eigenvalue weighted by Crippen LogP contribution is -2.13. The monoisotopic (exact) mass is 247 g/mol. The van der Waals surface area contributed by atoms with E-state index in [1.54, 1.807) is 0 Å². The lowest BCUT2D eigenvalue weighted by Gasteiger charge is -2.14. The average molecular weight is 248 g/mol. The molecule has 1 N–H and O–H groups in total. The van der Waals surface area contributed by atoms with E-state index in [0.29, 0.717) is 6.04 Å². The number of hydrogen-bond donors (Lipinski definition) is 1. The normalized spacial score (nSPS) is 19.7. The number of imidazole rings is 1. The number of benzene rings is 1.